The third-order valence-electron chi connectivity index (χ3n) is 5.12. The van der Waals surface area contributed by atoms with Crippen LogP contribution in [0.3, 0.4) is 0 Å². The van der Waals surface area contributed by atoms with Crippen LogP contribution in [-0.4, -0.2) is 31.3 Å². The molecule has 0 aromatic heterocycles. The number of benzene rings is 1. The summed E-state index contributed by atoms with van der Waals surface area (Å²) >= 11 is 0. The first kappa shape index (κ1) is 16.7. The first-order chi connectivity index (χ1) is 11.6. The summed E-state index contributed by atoms with van der Waals surface area (Å²) < 4.78 is 10.3. The number of methoxy groups -OCH3 is 1. The zero-order valence-electron chi connectivity index (χ0n) is 13.8. The molecular formula is C19H22O5. The number of carbonyl (C=O) groups is 3. The lowest BCUT2D eigenvalue weighted by molar-refractivity contribution is -0.152. The maximum atomic E-state index is 12.3. The molecule has 0 spiro atoms. The second kappa shape index (κ2) is 7.16. The molecule has 0 N–H and O–H groups in total. The van der Waals surface area contributed by atoms with Gasteiger partial charge in [0.1, 0.15) is 11.5 Å². The highest BCUT2D eigenvalue weighted by atomic mass is 16.5. The van der Waals surface area contributed by atoms with Gasteiger partial charge in [-0.05, 0) is 37.8 Å². The molecule has 2 aliphatic rings. The summed E-state index contributed by atoms with van der Waals surface area (Å²) in [7, 11) is 1.53. The summed E-state index contributed by atoms with van der Waals surface area (Å²) in [6, 6.07) is 6.77. The third-order valence-corrected chi connectivity index (χ3v) is 5.12. The summed E-state index contributed by atoms with van der Waals surface area (Å²) in [6.07, 6.45) is 3.96. The summed E-state index contributed by atoms with van der Waals surface area (Å²) in [5.41, 5.74) is 0.456. The number of hydrogen-bond donors (Lipinski definition) is 0. The fraction of sp³-hybridized carbons (Fsp3) is 0.526. The minimum atomic E-state index is -0.351. The van der Waals surface area contributed by atoms with Crippen LogP contribution in [0.15, 0.2) is 24.3 Å². The monoisotopic (exact) mass is 330 g/mol. The van der Waals surface area contributed by atoms with E-state index < -0.39 is 0 Å². The Bertz CT molecular complexity index is 635. The molecule has 24 heavy (non-hydrogen) atoms. The lowest BCUT2D eigenvalue weighted by Gasteiger charge is -2.36. The SMILES string of the molecule is COc1cccc(C(=O)COC(=O)C2C[C@@H]3CCC[C@@H](C2)C3=O)c1. The molecule has 0 aliphatic heterocycles. The van der Waals surface area contributed by atoms with Gasteiger partial charge in [0.2, 0.25) is 0 Å². The molecule has 5 nitrogen and oxygen atoms in total. The zero-order chi connectivity index (χ0) is 17.1. The van der Waals surface area contributed by atoms with E-state index in [2.05, 4.69) is 0 Å². The third kappa shape index (κ3) is 3.50. The molecule has 0 unspecified atom stereocenters. The fourth-order valence-corrected chi connectivity index (χ4v) is 3.81. The van der Waals surface area contributed by atoms with Crippen LogP contribution in [0.2, 0.25) is 0 Å². The molecule has 2 fully saturated rings. The van der Waals surface area contributed by atoms with E-state index in [0.29, 0.717) is 29.9 Å². The molecule has 2 bridgehead atoms. The van der Waals surface area contributed by atoms with Gasteiger partial charge in [-0.1, -0.05) is 18.6 Å². The smallest absolute Gasteiger partial charge is 0.309 e. The number of ether oxygens (including phenoxy) is 2. The average Bonchev–Trinajstić information content (AvgIpc) is 2.59. The van der Waals surface area contributed by atoms with E-state index in [1.807, 2.05) is 0 Å². The van der Waals surface area contributed by atoms with E-state index in [9.17, 15) is 14.4 Å². The van der Waals surface area contributed by atoms with E-state index in [1.165, 1.54) is 7.11 Å². The van der Waals surface area contributed by atoms with Crippen molar-refractivity contribution in [2.45, 2.75) is 32.1 Å². The van der Waals surface area contributed by atoms with Gasteiger partial charge >= 0.3 is 5.97 Å². The minimum Gasteiger partial charge on any atom is -0.497 e. The van der Waals surface area contributed by atoms with Gasteiger partial charge in [0.05, 0.1) is 13.0 Å². The fourth-order valence-electron chi connectivity index (χ4n) is 3.81. The normalized spacial score (nSPS) is 25.9. The standard InChI is InChI=1S/C19H22O5/c1-23-16-7-3-4-12(10-16)17(20)11-24-19(22)15-8-13-5-2-6-14(9-15)18(13)21/h3-4,7,10,13-15H,2,5-6,8-9,11H2,1H3/t13-,14-/m0/s1. The molecule has 0 radical (unpaired) electrons. The van der Waals surface area contributed by atoms with Crippen molar-refractivity contribution in [3.63, 3.8) is 0 Å². The highest BCUT2D eigenvalue weighted by Crippen LogP contribution is 2.40. The van der Waals surface area contributed by atoms with Crippen LogP contribution in [-0.2, 0) is 14.3 Å². The van der Waals surface area contributed by atoms with Gasteiger partial charge < -0.3 is 9.47 Å². The highest BCUT2D eigenvalue weighted by Gasteiger charge is 2.41. The minimum absolute atomic E-state index is 0.00383. The van der Waals surface area contributed by atoms with Gasteiger partial charge in [0.15, 0.2) is 12.4 Å². The first-order valence-electron chi connectivity index (χ1n) is 8.46. The lowest BCUT2D eigenvalue weighted by atomic mass is 9.67. The maximum absolute atomic E-state index is 12.3. The van der Waals surface area contributed by atoms with Crippen molar-refractivity contribution < 1.29 is 23.9 Å². The number of hydrogen-bond acceptors (Lipinski definition) is 5. The van der Waals surface area contributed by atoms with Crippen LogP contribution < -0.4 is 4.74 Å². The number of ketones is 2. The molecule has 128 valence electrons. The molecular weight excluding hydrogens is 308 g/mol. The topological polar surface area (TPSA) is 69.7 Å². The van der Waals surface area contributed by atoms with Gasteiger partial charge in [-0.2, -0.15) is 0 Å². The zero-order valence-corrected chi connectivity index (χ0v) is 13.8. The molecule has 1 aromatic rings. The van der Waals surface area contributed by atoms with Gasteiger partial charge in [-0.25, -0.2) is 0 Å². The van der Waals surface area contributed by atoms with Crippen molar-refractivity contribution >= 4 is 17.5 Å². The Hall–Kier alpha value is -2.17. The van der Waals surface area contributed by atoms with Crippen LogP contribution in [0.5, 0.6) is 5.75 Å². The summed E-state index contributed by atoms with van der Waals surface area (Å²) in [4.78, 5) is 36.5. The Morgan fingerprint density at radius 3 is 2.54 bits per heavy atom. The van der Waals surface area contributed by atoms with Gasteiger partial charge in [-0.3, -0.25) is 14.4 Å². The second-order valence-electron chi connectivity index (χ2n) is 6.66. The van der Waals surface area contributed by atoms with E-state index in [1.54, 1.807) is 24.3 Å². The molecule has 2 saturated carbocycles. The van der Waals surface area contributed by atoms with Crippen LogP contribution in [0.4, 0.5) is 0 Å². The Morgan fingerprint density at radius 2 is 1.88 bits per heavy atom. The average molecular weight is 330 g/mol. The molecule has 5 heteroatoms. The lowest BCUT2D eigenvalue weighted by Crippen LogP contribution is -2.39. The Morgan fingerprint density at radius 1 is 1.17 bits per heavy atom. The Balaban J connectivity index is 1.55. The molecule has 0 amide bonds. The number of fused-ring (bicyclic) bond motifs is 2. The van der Waals surface area contributed by atoms with Crippen LogP contribution in [0.25, 0.3) is 0 Å². The van der Waals surface area contributed by atoms with Crippen molar-refractivity contribution in [1.82, 2.24) is 0 Å². The van der Waals surface area contributed by atoms with Crippen LogP contribution >= 0.6 is 0 Å². The summed E-state index contributed by atoms with van der Waals surface area (Å²) in [6.45, 7) is -0.272. The predicted molar refractivity (Wildman–Crippen MR) is 86.8 cm³/mol. The van der Waals surface area contributed by atoms with Crippen molar-refractivity contribution in [2.24, 2.45) is 17.8 Å². The van der Waals surface area contributed by atoms with Gasteiger partial charge in [0.25, 0.3) is 0 Å². The van der Waals surface area contributed by atoms with Crippen LogP contribution in [0, 0.1) is 17.8 Å². The quantitative estimate of drug-likeness (QED) is 0.613. The summed E-state index contributed by atoms with van der Waals surface area (Å²) in [5, 5.41) is 0. The maximum Gasteiger partial charge on any atom is 0.309 e. The van der Waals surface area contributed by atoms with Crippen LogP contribution in [0.1, 0.15) is 42.5 Å². The van der Waals surface area contributed by atoms with E-state index in [0.717, 1.165) is 19.3 Å². The van der Waals surface area contributed by atoms with E-state index >= 15 is 0 Å². The number of esters is 1. The predicted octanol–water partition coefficient (Wildman–Crippen LogP) is 2.82. The molecule has 2 atom stereocenters. The molecule has 2 aliphatic carbocycles. The molecule has 0 heterocycles. The van der Waals surface area contributed by atoms with Crippen molar-refractivity contribution in [2.75, 3.05) is 13.7 Å². The highest BCUT2D eigenvalue weighted by molar-refractivity contribution is 5.98. The largest absolute Gasteiger partial charge is 0.497 e. The second-order valence-corrected chi connectivity index (χ2v) is 6.66. The van der Waals surface area contributed by atoms with Gasteiger partial charge in [-0.15, -0.1) is 0 Å². The Kier molecular flexibility index (Phi) is 4.97. The Labute approximate surface area is 141 Å². The number of carbonyl (C=O) groups excluding carboxylic acids is 3. The van der Waals surface area contributed by atoms with Gasteiger partial charge in [0, 0.05) is 17.4 Å². The molecule has 3 rings (SSSR count). The number of rotatable bonds is 5. The van der Waals surface area contributed by atoms with Crippen molar-refractivity contribution in [3.8, 4) is 5.75 Å². The first-order valence-corrected chi connectivity index (χ1v) is 8.46. The van der Waals surface area contributed by atoms with E-state index in [4.69, 9.17) is 9.47 Å². The van der Waals surface area contributed by atoms with E-state index in [-0.39, 0.29) is 36.1 Å². The molecule has 0 saturated heterocycles. The number of Topliss-reactive ketones (excluding diaryl/α,β-unsaturated/α-hetero) is 2. The van der Waals surface area contributed by atoms with Crippen molar-refractivity contribution in [3.05, 3.63) is 29.8 Å². The van der Waals surface area contributed by atoms with Crippen molar-refractivity contribution in [1.29, 1.82) is 0 Å². The molecule has 1 aromatic carbocycles. The summed E-state index contributed by atoms with van der Waals surface area (Å²) in [5.74, 6) is 0.0536.